The molecular weight excluding hydrogens is 359 g/mol. The Kier molecular flexibility index (Phi) is 5.05. The quantitative estimate of drug-likeness (QED) is 0.762. The van der Waals surface area contributed by atoms with Crippen molar-refractivity contribution in [2.24, 2.45) is 5.73 Å². The van der Waals surface area contributed by atoms with Gasteiger partial charge in [-0.05, 0) is 50.7 Å². The minimum Gasteiger partial charge on any atom is -0.373 e. The third kappa shape index (κ3) is 3.72. The van der Waals surface area contributed by atoms with Crippen LogP contribution in [0.2, 0.25) is 10.0 Å². The second kappa shape index (κ2) is 7.28. The van der Waals surface area contributed by atoms with E-state index in [1.165, 1.54) is 0 Å². The Morgan fingerprint density at radius 1 is 1.08 bits per heavy atom. The molecule has 0 radical (unpaired) electrons. The lowest BCUT2D eigenvalue weighted by Gasteiger charge is -2.26. The van der Waals surface area contributed by atoms with Gasteiger partial charge in [0.2, 0.25) is 0 Å². The van der Waals surface area contributed by atoms with Gasteiger partial charge in [0, 0.05) is 23.1 Å². The minimum atomic E-state index is 0.247. The van der Waals surface area contributed by atoms with Crippen molar-refractivity contribution in [2.45, 2.75) is 63.2 Å². The Morgan fingerprint density at radius 3 is 2.40 bits per heavy atom. The molecule has 0 bridgehead atoms. The van der Waals surface area contributed by atoms with Crippen LogP contribution in [0.3, 0.4) is 0 Å². The SMILES string of the molecule is N[C@H]1CC[C@@H](OCc2c(-c3c(Cl)cccc3Cl)noc2C2CC2)CC1. The van der Waals surface area contributed by atoms with Gasteiger partial charge in [-0.3, -0.25) is 0 Å². The van der Waals surface area contributed by atoms with Crippen LogP contribution in [0.25, 0.3) is 11.3 Å². The number of aromatic nitrogens is 1. The first-order valence-electron chi connectivity index (χ1n) is 8.93. The Morgan fingerprint density at radius 2 is 1.76 bits per heavy atom. The number of rotatable bonds is 5. The maximum absolute atomic E-state index is 6.38. The van der Waals surface area contributed by atoms with Crippen LogP contribution >= 0.6 is 23.2 Å². The third-order valence-corrected chi connectivity index (χ3v) is 5.78. The van der Waals surface area contributed by atoms with E-state index in [1.807, 2.05) is 18.2 Å². The molecule has 2 aliphatic carbocycles. The van der Waals surface area contributed by atoms with Crippen LogP contribution < -0.4 is 5.73 Å². The van der Waals surface area contributed by atoms with E-state index in [9.17, 15) is 0 Å². The summed E-state index contributed by atoms with van der Waals surface area (Å²) in [6, 6.07) is 5.79. The number of ether oxygens (including phenoxy) is 1. The molecule has 0 aliphatic heterocycles. The summed E-state index contributed by atoms with van der Waals surface area (Å²) in [5.41, 5.74) is 8.42. The number of halogens is 2. The van der Waals surface area contributed by atoms with Crippen LogP contribution in [0.1, 0.15) is 55.8 Å². The van der Waals surface area contributed by atoms with E-state index in [0.717, 1.165) is 55.4 Å². The van der Waals surface area contributed by atoms with Crippen molar-refractivity contribution >= 4 is 23.2 Å². The van der Waals surface area contributed by atoms with Crippen LogP contribution in [-0.2, 0) is 11.3 Å². The molecule has 2 aromatic rings. The first-order chi connectivity index (χ1) is 12.1. The summed E-state index contributed by atoms with van der Waals surface area (Å²) >= 11 is 12.8. The second-order valence-corrected chi connectivity index (χ2v) is 7.91. The average Bonchev–Trinajstić information content (AvgIpc) is 3.36. The summed E-state index contributed by atoms with van der Waals surface area (Å²) < 4.78 is 11.9. The van der Waals surface area contributed by atoms with Gasteiger partial charge in [0.15, 0.2) is 0 Å². The van der Waals surface area contributed by atoms with Crippen molar-refractivity contribution in [3.05, 3.63) is 39.6 Å². The van der Waals surface area contributed by atoms with E-state index in [1.54, 1.807) is 0 Å². The maximum Gasteiger partial charge on any atom is 0.145 e. The van der Waals surface area contributed by atoms with Gasteiger partial charge in [0.25, 0.3) is 0 Å². The smallest absolute Gasteiger partial charge is 0.145 e. The lowest BCUT2D eigenvalue weighted by Crippen LogP contribution is -2.30. The van der Waals surface area contributed by atoms with Crippen molar-refractivity contribution in [1.82, 2.24) is 5.16 Å². The van der Waals surface area contributed by atoms with Gasteiger partial charge in [-0.15, -0.1) is 0 Å². The van der Waals surface area contributed by atoms with Crippen molar-refractivity contribution < 1.29 is 9.26 Å². The molecule has 0 unspecified atom stereocenters. The molecule has 2 aliphatic rings. The molecule has 1 aromatic carbocycles. The van der Waals surface area contributed by atoms with Gasteiger partial charge in [0.05, 0.1) is 22.8 Å². The highest BCUT2D eigenvalue weighted by Gasteiger charge is 2.34. The van der Waals surface area contributed by atoms with Crippen molar-refractivity contribution in [3.8, 4) is 11.3 Å². The second-order valence-electron chi connectivity index (χ2n) is 7.09. The largest absolute Gasteiger partial charge is 0.373 e. The number of hydrogen-bond donors (Lipinski definition) is 1. The van der Waals surface area contributed by atoms with Crippen LogP contribution in [0.15, 0.2) is 22.7 Å². The van der Waals surface area contributed by atoms with Gasteiger partial charge in [-0.2, -0.15) is 0 Å². The topological polar surface area (TPSA) is 61.3 Å². The number of nitrogens with zero attached hydrogens (tertiary/aromatic N) is 1. The number of hydrogen-bond acceptors (Lipinski definition) is 4. The van der Waals surface area contributed by atoms with Gasteiger partial charge < -0.3 is 15.0 Å². The average molecular weight is 381 g/mol. The van der Waals surface area contributed by atoms with E-state index in [0.29, 0.717) is 34.3 Å². The number of nitrogens with two attached hydrogens (primary N) is 1. The Bertz CT molecular complexity index is 730. The van der Waals surface area contributed by atoms with Crippen molar-refractivity contribution in [2.75, 3.05) is 0 Å². The molecule has 6 heteroatoms. The maximum atomic E-state index is 6.38. The monoisotopic (exact) mass is 380 g/mol. The minimum absolute atomic E-state index is 0.247. The van der Waals surface area contributed by atoms with Gasteiger partial charge >= 0.3 is 0 Å². The molecular formula is C19H22Cl2N2O2. The summed E-state index contributed by atoms with van der Waals surface area (Å²) in [6.45, 7) is 0.478. The van der Waals surface area contributed by atoms with Gasteiger partial charge in [-0.1, -0.05) is 34.4 Å². The van der Waals surface area contributed by atoms with Crippen molar-refractivity contribution in [3.63, 3.8) is 0 Å². The summed E-state index contributed by atoms with van der Waals surface area (Å²) in [5.74, 6) is 1.37. The molecule has 4 nitrogen and oxygen atoms in total. The highest BCUT2D eigenvalue weighted by atomic mass is 35.5. The summed E-state index contributed by atoms with van der Waals surface area (Å²) in [4.78, 5) is 0. The summed E-state index contributed by atoms with van der Waals surface area (Å²) in [7, 11) is 0. The highest BCUT2D eigenvalue weighted by Crippen LogP contribution is 2.46. The molecule has 25 heavy (non-hydrogen) atoms. The fraction of sp³-hybridized carbons (Fsp3) is 0.526. The molecule has 1 heterocycles. The van der Waals surface area contributed by atoms with Crippen molar-refractivity contribution in [1.29, 1.82) is 0 Å². The van der Waals surface area contributed by atoms with Gasteiger partial charge in [-0.25, -0.2) is 0 Å². The zero-order valence-electron chi connectivity index (χ0n) is 14.0. The molecule has 1 aromatic heterocycles. The Labute approximate surface area is 157 Å². The molecule has 2 fully saturated rings. The molecule has 0 saturated heterocycles. The number of benzene rings is 1. The molecule has 134 valence electrons. The van der Waals surface area contributed by atoms with Crippen LogP contribution in [-0.4, -0.2) is 17.3 Å². The van der Waals surface area contributed by atoms with Crippen LogP contribution in [0.5, 0.6) is 0 Å². The van der Waals surface area contributed by atoms with Crippen LogP contribution in [0.4, 0.5) is 0 Å². The third-order valence-electron chi connectivity index (χ3n) is 5.15. The van der Waals surface area contributed by atoms with E-state index in [4.69, 9.17) is 38.2 Å². The molecule has 2 N–H and O–H groups in total. The molecule has 0 atom stereocenters. The predicted molar refractivity (Wildman–Crippen MR) is 99.0 cm³/mol. The predicted octanol–water partition coefficient (Wildman–Crippen LogP) is 5.31. The molecule has 0 amide bonds. The first kappa shape index (κ1) is 17.3. The van der Waals surface area contributed by atoms with E-state index < -0.39 is 0 Å². The van der Waals surface area contributed by atoms with Crippen LogP contribution in [0, 0.1) is 0 Å². The summed E-state index contributed by atoms with van der Waals surface area (Å²) in [6.07, 6.45) is 6.57. The molecule has 2 saturated carbocycles. The lowest BCUT2D eigenvalue weighted by atomic mass is 9.93. The zero-order valence-corrected chi connectivity index (χ0v) is 15.5. The fourth-order valence-corrected chi connectivity index (χ4v) is 4.08. The fourth-order valence-electron chi connectivity index (χ4n) is 3.50. The van der Waals surface area contributed by atoms with E-state index in [2.05, 4.69) is 5.16 Å². The Balaban J connectivity index is 1.60. The molecule has 4 rings (SSSR count). The highest BCUT2D eigenvalue weighted by molar-refractivity contribution is 6.39. The normalized spacial score (nSPS) is 23.8. The van der Waals surface area contributed by atoms with Gasteiger partial charge in [0.1, 0.15) is 11.5 Å². The lowest BCUT2D eigenvalue weighted by molar-refractivity contribution is 0.0134. The zero-order chi connectivity index (χ0) is 17.4. The standard InChI is InChI=1S/C19H22Cl2N2O2/c20-15-2-1-3-16(21)17(15)18-14(19(25-23-18)11-4-5-11)10-24-13-8-6-12(22)7-9-13/h1-3,11-13H,4-10,22H2/t12-,13+. The first-order valence-corrected chi connectivity index (χ1v) is 9.69. The summed E-state index contributed by atoms with van der Waals surface area (Å²) in [5, 5.41) is 5.45. The Hall–Kier alpha value is -1.07. The molecule has 0 spiro atoms. The van der Waals surface area contributed by atoms with E-state index >= 15 is 0 Å². The van der Waals surface area contributed by atoms with E-state index in [-0.39, 0.29) is 6.10 Å².